The van der Waals surface area contributed by atoms with Crippen LogP contribution in [-0.2, 0) is 15.4 Å². The Bertz CT molecular complexity index is 402. The first-order valence-electron chi connectivity index (χ1n) is 5.84. The van der Waals surface area contributed by atoms with Crippen LogP contribution in [0.4, 0.5) is 5.69 Å². The van der Waals surface area contributed by atoms with E-state index in [2.05, 4.69) is 4.90 Å². The lowest BCUT2D eigenvalue weighted by atomic mass is 10.2. The molecule has 2 atom stereocenters. The van der Waals surface area contributed by atoms with Crippen LogP contribution < -0.4 is 4.90 Å². The average Bonchev–Trinajstić information content (AvgIpc) is 2.81. The van der Waals surface area contributed by atoms with Crippen LogP contribution in [0.1, 0.15) is 5.56 Å². The molecule has 1 aliphatic heterocycles. The average molecular weight is 290 g/mol. The molecule has 3 nitrogen and oxygen atoms in total. The minimum absolute atomic E-state index is 0.0822. The second-order valence-corrected chi connectivity index (χ2v) is 5.05. The molecule has 0 radical (unpaired) electrons. The van der Waals surface area contributed by atoms with Gasteiger partial charge in [-0.05, 0) is 17.7 Å². The predicted molar refractivity (Wildman–Crippen MR) is 74.8 cm³/mol. The van der Waals surface area contributed by atoms with Crippen molar-refractivity contribution in [1.29, 1.82) is 0 Å². The minimum Gasteiger partial charge on any atom is -0.377 e. The second-order valence-electron chi connectivity index (χ2n) is 4.37. The third kappa shape index (κ3) is 2.75. The summed E-state index contributed by atoms with van der Waals surface area (Å²) in [5.41, 5.74) is 2.03. The second kappa shape index (κ2) is 6.11. The van der Waals surface area contributed by atoms with Crippen LogP contribution in [0.5, 0.6) is 0 Å². The van der Waals surface area contributed by atoms with E-state index in [9.17, 15) is 0 Å². The maximum Gasteiger partial charge on any atom is 0.102 e. The van der Waals surface area contributed by atoms with E-state index in [-0.39, 0.29) is 12.2 Å². The first-order chi connectivity index (χ1) is 8.69. The Kier molecular flexibility index (Phi) is 4.73. The number of ether oxygens (including phenoxy) is 2. The molecule has 1 fully saturated rings. The Hall–Kier alpha value is -0.480. The van der Waals surface area contributed by atoms with Crippen molar-refractivity contribution in [2.45, 2.75) is 18.1 Å². The summed E-state index contributed by atoms with van der Waals surface area (Å²) >= 11 is 12.1. The van der Waals surface area contributed by atoms with Gasteiger partial charge in [-0.1, -0.05) is 17.7 Å². The Morgan fingerprint density at radius 1 is 1.22 bits per heavy atom. The van der Waals surface area contributed by atoms with E-state index in [0.29, 0.717) is 5.88 Å². The third-order valence-corrected chi connectivity index (χ3v) is 3.94. The Labute approximate surface area is 118 Å². The zero-order chi connectivity index (χ0) is 13.1. The third-order valence-electron chi connectivity index (χ3n) is 3.33. The van der Waals surface area contributed by atoms with Gasteiger partial charge >= 0.3 is 0 Å². The minimum atomic E-state index is 0.0822. The van der Waals surface area contributed by atoms with Crippen LogP contribution in [0.25, 0.3) is 0 Å². The highest BCUT2D eigenvalue weighted by atomic mass is 35.5. The Morgan fingerprint density at radius 3 is 2.28 bits per heavy atom. The van der Waals surface area contributed by atoms with E-state index in [1.807, 2.05) is 18.2 Å². The lowest BCUT2D eigenvalue weighted by molar-refractivity contribution is -0.00461. The van der Waals surface area contributed by atoms with Gasteiger partial charge < -0.3 is 14.4 Å². The molecular formula is C13H17Cl2NO2. The normalized spacial score (nSPS) is 23.7. The molecule has 18 heavy (non-hydrogen) atoms. The van der Waals surface area contributed by atoms with Gasteiger partial charge in [0.15, 0.2) is 0 Å². The molecule has 1 saturated heterocycles. The lowest BCUT2D eigenvalue weighted by Gasteiger charge is -2.19. The van der Waals surface area contributed by atoms with E-state index >= 15 is 0 Å². The highest BCUT2D eigenvalue weighted by Crippen LogP contribution is 2.31. The number of alkyl halides is 1. The SMILES string of the molecule is COC1CN(c2ccc(CCl)cc2Cl)CC1OC. The summed E-state index contributed by atoms with van der Waals surface area (Å²) in [4.78, 5) is 2.18. The number of methoxy groups -OCH3 is 2. The number of benzene rings is 1. The number of anilines is 1. The monoisotopic (exact) mass is 289 g/mol. The molecule has 2 unspecified atom stereocenters. The first-order valence-corrected chi connectivity index (χ1v) is 6.75. The molecule has 0 spiro atoms. The van der Waals surface area contributed by atoms with Gasteiger partial charge in [0.25, 0.3) is 0 Å². The zero-order valence-corrected chi connectivity index (χ0v) is 12.0. The van der Waals surface area contributed by atoms with Crippen LogP contribution in [0, 0.1) is 0 Å². The van der Waals surface area contributed by atoms with Crippen LogP contribution in [0.2, 0.25) is 5.02 Å². The van der Waals surface area contributed by atoms with Crippen molar-refractivity contribution in [1.82, 2.24) is 0 Å². The summed E-state index contributed by atoms with van der Waals surface area (Å²) in [5, 5.41) is 0.722. The maximum absolute atomic E-state index is 6.29. The number of halogens is 2. The van der Waals surface area contributed by atoms with Crippen molar-refractivity contribution in [3.63, 3.8) is 0 Å². The molecule has 1 aromatic carbocycles. The molecule has 2 rings (SSSR count). The molecule has 0 aromatic heterocycles. The van der Waals surface area contributed by atoms with E-state index in [1.165, 1.54) is 0 Å². The summed E-state index contributed by atoms with van der Waals surface area (Å²) < 4.78 is 10.8. The van der Waals surface area contributed by atoms with Crippen LogP contribution >= 0.6 is 23.2 Å². The van der Waals surface area contributed by atoms with Gasteiger partial charge in [0, 0.05) is 33.2 Å². The topological polar surface area (TPSA) is 21.7 Å². The van der Waals surface area contributed by atoms with E-state index < -0.39 is 0 Å². The van der Waals surface area contributed by atoms with Gasteiger partial charge in [-0.15, -0.1) is 11.6 Å². The molecule has 0 amide bonds. The van der Waals surface area contributed by atoms with Gasteiger partial charge in [0.1, 0.15) is 12.2 Å². The van der Waals surface area contributed by atoms with Crippen molar-refractivity contribution in [3.05, 3.63) is 28.8 Å². The molecule has 1 aromatic rings. The molecule has 0 bridgehead atoms. The molecule has 1 aliphatic rings. The number of hydrogen-bond acceptors (Lipinski definition) is 3. The largest absolute Gasteiger partial charge is 0.377 e. The number of nitrogens with zero attached hydrogens (tertiary/aromatic N) is 1. The zero-order valence-electron chi connectivity index (χ0n) is 10.5. The summed E-state index contributed by atoms with van der Waals surface area (Å²) in [5.74, 6) is 0.474. The van der Waals surface area contributed by atoms with Crippen molar-refractivity contribution >= 4 is 28.9 Å². The Balaban J connectivity index is 2.18. The molecule has 0 N–H and O–H groups in total. The van der Waals surface area contributed by atoms with Gasteiger partial charge in [0.05, 0.1) is 10.7 Å². The van der Waals surface area contributed by atoms with Gasteiger partial charge in [-0.2, -0.15) is 0 Å². The maximum atomic E-state index is 6.29. The molecule has 100 valence electrons. The van der Waals surface area contributed by atoms with Crippen molar-refractivity contribution in [2.75, 3.05) is 32.2 Å². The van der Waals surface area contributed by atoms with E-state index in [1.54, 1.807) is 14.2 Å². The summed E-state index contributed by atoms with van der Waals surface area (Å²) in [6, 6.07) is 5.91. The highest BCUT2D eigenvalue weighted by Gasteiger charge is 2.33. The fraction of sp³-hybridized carbons (Fsp3) is 0.538. The number of rotatable bonds is 4. The molecular weight excluding hydrogens is 273 g/mol. The van der Waals surface area contributed by atoms with E-state index in [4.69, 9.17) is 32.7 Å². The van der Waals surface area contributed by atoms with Crippen molar-refractivity contribution in [2.24, 2.45) is 0 Å². The van der Waals surface area contributed by atoms with Crippen LogP contribution in [0.3, 0.4) is 0 Å². The van der Waals surface area contributed by atoms with E-state index in [0.717, 1.165) is 29.4 Å². The van der Waals surface area contributed by atoms with Gasteiger partial charge in [0.2, 0.25) is 0 Å². The molecule has 0 saturated carbocycles. The van der Waals surface area contributed by atoms with Crippen LogP contribution in [-0.4, -0.2) is 39.5 Å². The highest BCUT2D eigenvalue weighted by molar-refractivity contribution is 6.33. The lowest BCUT2D eigenvalue weighted by Crippen LogP contribution is -2.27. The first kappa shape index (κ1) is 13.9. The smallest absolute Gasteiger partial charge is 0.102 e. The molecule has 5 heteroatoms. The predicted octanol–water partition coefficient (Wildman–Crippen LogP) is 2.93. The molecule has 0 aliphatic carbocycles. The van der Waals surface area contributed by atoms with Crippen LogP contribution in [0.15, 0.2) is 18.2 Å². The number of hydrogen-bond donors (Lipinski definition) is 0. The summed E-state index contributed by atoms with van der Waals surface area (Å²) in [6.45, 7) is 1.57. The van der Waals surface area contributed by atoms with Gasteiger partial charge in [-0.3, -0.25) is 0 Å². The fourth-order valence-corrected chi connectivity index (χ4v) is 2.77. The van der Waals surface area contributed by atoms with Crippen molar-refractivity contribution < 1.29 is 9.47 Å². The van der Waals surface area contributed by atoms with Crippen molar-refractivity contribution in [3.8, 4) is 0 Å². The summed E-state index contributed by atoms with van der Waals surface area (Å²) in [7, 11) is 3.41. The summed E-state index contributed by atoms with van der Waals surface area (Å²) in [6.07, 6.45) is 0.164. The quantitative estimate of drug-likeness (QED) is 0.796. The standard InChI is InChI=1S/C13H17Cl2NO2/c1-17-12-7-16(8-13(12)18-2)11-4-3-9(6-14)5-10(11)15/h3-5,12-13H,6-8H2,1-2H3. The Morgan fingerprint density at radius 2 is 1.83 bits per heavy atom. The fourth-order valence-electron chi connectivity index (χ4n) is 2.28. The van der Waals surface area contributed by atoms with Gasteiger partial charge in [-0.25, -0.2) is 0 Å². The molecule has 1 heterocycles.